The number of hydrogen-bond acceptors (Lipinski definition) is 3. The Balaban J connectivity index is 1.92. The van der Waals surface area contributed by atoms with E-state index in [-0.39, 0.29) is 11.1 Å². The highest BCUT2D eigenvalue weighted by Gasteiger charge is 2.42. The Hall–Kier alpha value is -1.49. The van der Waals surface area contributed by atoms with Gasteiger partial charge in [0.05, 0.1) is 11.8 Å². The Morgan fingerprint density at radius 3 is 2.36 bits per heavy atom. The number of aromatic nitrogens is 1. The summed E-state index contributed by atoms with van der Waals surface area (Å²) in [6, 6.07) is 15.4. The predicted molar refractivity (Wildman–Crippen MR) is 121 cm³/mol. The lowest BCUT2D eigenvalue weighted by atomic mass is 9.93. The second kappa shape index (κ2) is 8.48. The van der Waals surface area contributed by atoms with Gasteiger partial charge in [0, 0.05) is 17.8 Å². The number of piperidine rings is 1. The highest BCUT2D eigenvalue weighted by molar-refractivity contribution is 6.74. The van der Waals surface area contributed by atoms with E-state index in [2.05, 4.69) is 81.1 Å². The molecule has 1 aromatic heterocycles. The number of hydrogen-bond donors (Lipinski definition) is 0. The van der Waals surface area contributed by atoms with E-state index in [0.717, 1.165) is 17.8 Å². The second-order valence-corrected chi connectivity index (χ2v) is 14.4. The number of likely N-dealkylation sites (tertiary alicyclic amines) is 1. The summed E-state index contributed by atoms with van der Waals surface area (Å²) in [6.07, 6.45) is 5.77. The van der Waals surface area contributed by atoms with Crippen molar-refractivity contribution >= 4 is 8.32 Å². The Morgan fingerprint density at radius 1 is 1.07 bits per heavy atom. The third-order valence-corrected chi connectivity index (χ3v) is 11.1. The van der Waals surface area contributed by atoms with Gasteiger partial charge in [0.2, 0.25) is 0 Å². The van der Waals surface area contributed by atoms with Crippen molar-refractivity contribution in [3.05, 3.63) is 54.2 Å². The van der Waals surface area contributed by atoms with Crippen LogP contribution in [-0.2, 0) is 4.43 Å². The SMILES string of the molecule is CN1CCCC[C@H]1C(O[Si](C)(C)C(C)(C)C)c1ccc(-c2ccccn2)cc1. The van der Waals surface area contributed by atoms with Gasteiger partial charge in [-0.25, -0.2) is 0 Å². The first-order valence-corrected chi connectivity index (χ1v) is 13.5. The molecule has 3 nitrogen and oxygen atoms in total. The van der Waals surface area contributed by atoms with Crippen LogP contribution in [0.15, 0.2) is 48.7 Å². The summed E-state index contributed by atoms with van der Waals surface area (Å²) in [6.45, 7) is 12.9. The molecule has 2 atom stereocenters. The Morgan fingerprint density at radius 2 is 1.79 bits per heavy atom. The van der Waals surface area contributed by atoms with Crippen LogP contribution in [0, 0.1) is 0 Å². The third kappa shape index (κ3) is 4.73. The van der Waals surface area contributed by atoms with Gasteiger partial charge in [0.1, 0.15) is 0 Å². The van der Waals surface area contributed by atoms with E-state index in [4.69, 9.17) is 4.43 Å². The van der Waals surface area contributed by atoms with Gasteiger partial charge in [-0.2, -0.15) is 0 Å². The first-order valence-electron chi connectivity index (χ1n) is 10.6. The monoisotopic (exact) mass is 396 g/mol. The molecule has 0 radical (unpaired) electrons. The molecule has 2 aromatic rings. The maximum Gasteiger partial charge on any atom is 0.192 e. The molecule has 1 aromatic carbocycles. The summed E-state index contributed by atoms with van der Waals surface area (Å²) >= 11 is 0. The standard InChI is InChI=1S/C24H36N2OSi/c1-24(2,3)28(5,6)27-23(22-12-8-10-18-26(22)4)20-15-13-19(14-16-20)21-11-7-9-17-25-21/h7,9,11,13-17,22-23H,8,10,12,18H2,1-6H3/t22-,23?/m0/s1. The molecule has 1 aliphatic rings. The minimum Gasteiger partial charge on any atom is -0.408 e. The van der Waals surface area contributed by atoms with E-state index in [1.165, 1.54) is 24.8 Å². The Bertz CT molecular complexity index is 752. The van der Waals surface area contributed by atoms with Gasteiger partial charge < -0.3 is 9.33 Å². The zero-order chi connectivity index (χ0) is 20.4. The van der Waals surface area contributed by atoms with Crippen molar-refractivity contribution < 1.29 is 4.43 Å². The van der Waals surface area contributed by atoms with E-state index < -0.39 is 8.32 Å². The van der Waals surface area contributed by atoms with Crippen molar-refractivity contribution in [2.45, 2.75) is 70.3 Å². The van der Waals surface area contributed by atoms with Crippen LogP contribution in [0.3, 0.4) is 0 Å². The second-order valence-electron chi connectivity index (χ2n) is 9.68. The Labute approximate surface area is 172 Å². The summed E-state index contributed by atoms with van der Waals surface area (Å²) < 4.78 is 7.03. The predicted octanol–water partition coefficient (Wildman–Crippen LogP) is 6.30. The van der Waals surface area contributed by atoms with E-state index in [0.29, 0.717) is 6.04 Å². The zero-order valence-electron chi connectivity index (χ0n) is 18.4. The molecule has 1 saturated heterocycles. The number of likely N-dealkylation sites (N-methyl/N-ethyl adjacent to an activating group) is 1. The zero-order valence-corrected chi connectivity index (χ0v) is 19.4. The van der Waals surface area contributed by atoms with Gasteiger partial charge in [-0.1, -0.05) is 57.5 Å². The van der Waals surface area contributed by atoms with E-state index in [1.807, 2.05) is 18.3 Å². The van der Waals surface area contributed by atoms with Crippen molar-refractivity contribution in [2.75, 3.05) is 13.6 Å². The Kier molecular flexibility index (Phi) is 6.43. The van der Waals surface area contributed by atoms with Gasteiger partial charge in [-0.15, -0.1) is 0 Å². The average molecular weight is 397 g/mol. The van der Waals surface area contributed by atoms with Gasteiger partial charge >= 0.3 is 0 Å². The summed E-state index contributed by atoms with van der Waals surface area (Å²) in [5.41, 5.74) is 3.47. The molecule has 28 heavy (non-hydrogen) atoms. The minimum atomic E-state index is -1.88. The summed E-state index contributed by atoms with van der Waals surface area (Å²) in [5, 5.41) is 0.201. The molecule has 2 heterocycles. The number of rotatable bonds is 5. The molecular formula is C24H36N2OSi. The maximum atomic E-state index is 7.03. The lowest BCUT2D eigenvalue weighted by molar-refractivity contribution is 0.0478. The highest BCUT2D eigenvalue weighted by Crippen LogP contribution is 2.42. The normalized spacial score (nSPS) is 20.1. The summed E-state index contributed by atoms with van der Waals surface area (Å²) in [7, 11) is 0.377. The molecule has 0 spiro atoms. The van der Waals surface area contributed by atoms with E-state index in [1.54, 1.807) is 0 Å². The molecule has 0 aliphatic carbocycles. The fraction of sp³-hybridized carbons (Fsp3) is 0.542. The van der Waals surface area contributed by atoms with Crippen LogP contribution >= 0.6 is 0 Å². The van der Waals surface area contributed by atoms with Crippen LogP contribution < -0.4 is 0 Å². The van der Waals surface area contributed by atoms with Crippen LogP contribution in [-0.4, -0.2) is 37.8 Å². The maximum absolute atomic E-state index is 7.03. The minimum absolute atomic E-state index is 0.129. The largest absolute Gasteiger partial charge is 0.408 e. The van der Waals surface area contributed by atoms with Crippen LogP contribution in [0.2, 0.25) is 18.1 Å². The summed E-state index contributed by atoms with van der Waals surface area (Å²) in [5.74, 6) is 0. The highest BCUT2D eigenvalue weighted by atomic mass is 28.4. The van der Waals surface area contributed by atoms with Crippen molar-refractivity contribution in [2.24, 2.45) is 0 Å². The van der Waals surface area contributed by atoms with Gasteiger partial charge in [-0.3, -0.25) is 4.98 Å². The molecule has 0 amide bonds. The van der Waals surface area contributed by atoms with Crippen LogP contribution in [0.1, 0.15) is 51.7 Å². The molecule has 1 unspecified atom stereocenters. The van der Waals surface area contributed by atoms with E-state index >= 15 is 0 Å². The van der Waals surface area contributed by atoms with Crippen LogP contribution in [0.5, 0.6) is 0 Å². The van der Waals surface area contributed by atoms with Crippen molar-refractivity contribution in [3.63, 3.8) is 0 Å². The molecule has 1 fully saturated rings. The lowest BCUT2D eigenvalue weighted by Crippen LogP contribution is -2.48. The summed E-state index contributed by atoms with van der Waals surface area (Å²) in [4.78, 5) is 6.99. The molecule has 3 rings (SSSR count). The molecule has 0 bridgehead atoms. The average Bonchev–Trinajstić information content (AvgIpc) is 2.67. The molecular weight excluding hydrogens is 360 g/mol. The smallest absolute Gasteiger partial charge is 0.192 e. The fourth-order valence-electron chi connectivity index (χ4n) is 3.72. The first-order chi connectivity index (χ1) is 13.2. The number of nitrogens with zero attached hydrogens (tertiary/aromatic N) is 2. The van der Waals surface area contributed by atoms with Crippen molar-refractivity contribution in [1.82, 2.24) is 9.88 Å². The number of benzene rings is 1. The molecule has 152 valence electrons. The van der Waals surface area contributed by atoms with Crippen molar-refractivity contribution in [1.29, 1.82) is 0 Å². The van der Waals surface area contributed by atoms with Crippen LogP contribution in [0.25, 0.3) is 11.3 Å². The van der Waals surface area contributed by atoms with Crippen molar-refractivity contribution in [3.8, 4) is 11.3 Å². The number of pyridine rings is 1. The van der Waals surface area contributed by atoms with Gasteiger partial charge in [0.25, 0.3) is 0 Å². The lowest BCUT2D eigenvalue weighted by Gasteiger charge is -2.45. The quantitative estimate of drug-likeness (QED) is 0.555. The van der Waals surface area contributed by atoms with Gasteiger partial charge in [-0.05, 0) is 62.3 Å². The molecule has 0 N–H and O–H groups in total. The van der Waals surface area contributed by atoms with E-state index in [9.17, 15) is 0 Å². The first kappa shape index (κ1) is 21.2. The molecule has 4 heteroatoms. The third-order valence-electron chi connectivity index (χ3n) is 6.60. The molecule has 1 aliphatic heterocycles. The van der Waals surface area contributed by atoms with Crippen LogP contribution in [0.4, 0.5) is 0 Å². The fourth-order valence-corrected chi connectivity index (χ4v) is 5.00. The van der Waals surface area contributed by atoms with Gasteiger partial charge in [0.15, 0.2) is 8.32 Å². The topological polar surface area (TPSA) is 25.4 Å². The molecule has 0 saturated carbocycles.